The number of aromatic nitrogens is 1. The van der Waals surface area contributed by atoms with Crippen LogP contribution in [0.5, 0.6) is 0 Å². The van der Waals surface area contributed by atoms with Gasteiger partial charge in [-0.3, -0.25) is 4.90 Å². The molecule has 0 aliphatic carbocycles. The Morgan fingerprint density at radius 2 is 2.00 bits per heavy atom. The maximum absolute atomic E-state index is 5.70. The minimum atomic E-state index is 0.489. The van der Waals surface area contributed by atoms with Crippen molar-refractivity contribution in [2.75, 3.05) is 37.6 Å². The lowest BCUT2D eigenvalue weighted by Crippen LogP contribution is -2.51. The van der Waals surface area contributed by atoms with Gasteiger partial charge in [0, 0.05) is 45.0 Å². The highest BCUT2D eigenvalue weighted by molar-refractivity contribution is 5.39. The second-order valence-corrected chi connectivity index (χ2v) is 4.80. The third-order valence-corrected chi connectivity index (χ3v) is 3.50. The third kappa shape index (κ3) is 2.96. The van der Waals surface area contributed by atoms with Crippen molar-refractivity contribution >= 4 is 5.82 Å². The average molecular weight is 234 g/mol. The van der Waals surface area contributed by atoms with Gasteiger partial charge in [-0.2, -0.15) is 0 Å². The van der Waals surface area contributed by atoms with E-state index in [-0.39, 0.29) is 0 Å². The van der Waals surface area contributed by atoms with Crippen LogP contribution in [0, 0.1) is 6.92 Å². The van der Waals surface area contributed by atoms with Crippen molar-refractivity contribution in [1.82, 2.24) is 9.88 Å². The van der Waals surface area contributed by atoms with Crippen molar-refractivity contribution in [3.05, 3.63) is 23.9 Å². The van der Waals surface area contributed by atoms with Crippen molar-refractivity contribution in [2.45, 2.75) is 19.9 Å². The molecule has 4 heteroatoms. The number of nitrogens with zero attached hydrogens (tertiary/aromatic N) is 3. The van der Waals surface area contributed by atoms with Crippen LogP contribution < -0.4 is 10.6 Å². The molecule has 0 saturated carbocycles. The predicted molar refractivity (Wildman–Crippen MR) is 71.3 cm³/mol. The Hall–Kier alpha value is -1.13. The highest BCUT2D eigenvalue weighted by Gasteiger charge is 2.20. The van der Waals surface area contributed by atoms with E-state index in [1.807, 2.05) is 6.20 Å². The topological polar surface area (TPSA) is 45.4 Å². The van der Waals surface area contributed by atoms with Gasteiger partial charge >= 0.3 is 0 Å². The largest absolute Gasteiger partial charge is 0.354 e. The van der Waals surface area contributed by atoms with E-state index < -0.39 is 0 Å². The lowest BCUT2D eigenvalue weighted by atomic mass is 10.2. The van der Waals surface area contributed by atoms with Crippen LogP contribution in [0.3, 0.4) is 0 Å². The van der Waals surface area contributed by atoms with Crippen molar-refractivity contribution in [1.29, 1.82) is 0 Å². The zero-order chi connectivity index (χ0) is 12.3. The third-order valence-electron chi connectivity index (χ3n) is 3.50. The molecule has 1 aliphatic heterocycles. The number of rotatable bonds is 3. The smallest absolute Gasteiger partial charge is 0.128 e. The predicted octanol–water partition coefficient (Wildman–Crippen LogP) is 0.859. The molecule has 1 aliphatic rings. The molecule has 1 fully saturated rings. The number of anilines is 1. The molecule has 0 spiro atoms. The van der Waals surface area contributed by atoms with Gasteiger partial charge in [-0.05, 0) is 25.5 Å². The number of piperazine rings is 1. The van der Waals surface area contributed by atoms with Gasteiger partial charge in [-0.1, -0.05) is 6.07 Å². The quantitative estimate of drug-likeness (QED) is 0.842. The Kier molecular flexibility index (Phi) is 3.97. The van der Waals surface area contributed by atoms with Crippen LogP contribution in [0.2, 0.25) is 0 Å². The lowest BCUT2D eigenvalue weighted by molar-refractivity contribution is 0.201. The summed E-state index contributed by atoms with van der Waals surface area (Å²) in [5.74, 6) is 1.09. The summed E-state index contributed by atoms with van der Waals surface area (Å²) in [5, 5.41) is 0. The first-order chi connectivity index (χ1) is 8.20. The molecule has 0 amide bonds. The molecule has 0 bridgehead atoms. The molecular formula is C13H22N4. The highest BCUT2D eigenvalue weighted by atomic mass is 15.3. The van der Waals surface area contributed by atoms with E-state index in [4.69, 9.17) is 5.73 Å². The summed E-state index contributed by atoms with van der Waals surface area (Å²) >= 11 is 0. The summed E-state index contributed by atoms with van der Waals surface area (Å²) in [4.78, 5) is 9.27. The van der Waals surface area contributed by atoms with Crippen LogP contribution in [-0.2, 0) is 0 Å². The van der Waals surface area contributed by atoms with Crippen LogP contribution in [-0.4, -0.2) is 48.6 Å². The SMILES string of the molecule is Cc1ccc(N2CCN(C(C)CN)CC2)nc1. The molecule has 1 saturated heterocycles. The van der Waals surface area contributed by atoms with Crippen LogP contribution in [0.25, 0.3) is 0 Å². The molecule has 17 heavy (non-hydrogen) atoms. The molecule has 2 heterocycles. The molecule has 1 atom stereocenters. The molecule has 1 aromatic heterocycles. The maximum atomic E-state index is 5.70. The summed E-state index contributed by atoms with van der Waals surface area (Å²) in [6, 6.07) is 4.72. The van der Waals surface area contributed by atoms with Gasteiger partial charge in [-0.15, -0.1) is 0 Å². The molecule has 0 radical (unpaired) electrons. The van der Waals surface area contributed by atoms with Gasteiger partial charge in [0.1, 0.15) is 5.82 Å². The van der Waals surface area contributed by atoms with Gasteiger partial charge in [0.05, 0.1) is 0 Å². The van der Waals surface area contributed by atoms with E-state index in [0.29, 0.717) is 6.04 Å². The van der Waals surface area contributed by atoms with Crippen molar-refractivity contribution in [3.8, 4) is 0 Å². The van der Waals surface area contributed by atoms with Crippen LogP contribution >= 0.6 is 0 Å². The normalized spacial score (nSPS) is 19.4. The molecule has 4 nitrogen and oxygen atoms in total. The van der Waals surface area contributed by atoms with Crippen LogP contribution in [0.4, 0.5) is 5.82 Å². The van der Waals surface area contributed by atoms with E-state index >= 15 is 0 Å². The second-order valence-electron chi connectivity index (χ2n) is 4.80. The first-order valence-corrected chi connectivity index (χ1v) is 6.32. The Balaban J connectivity index is 1.93. The number of aryl methyl sites for hydroxylation is 1. The zero-order valence-corrected chi connectivity index (χ0v) is 10.8. The number of pyridine rings is 1. The Bertz CT molecular complexity index is 341. The van der Waals surface area contributed by atoms with Gasteiger partial charge in [0.2, 0.25) is 0 Å². The minimum absolute atomic E-state index is 0.489. The molecule has 1 aromatic rings. The molecule has 0 aromatic carbocycles. The molecule has 2 N–H and O–H groups in total. The van der Waals surface area contributed by atoms with Gasteiger partial charge in [0.25, 0.3) is 0 Å². The molecule has 1 unspecified atom stereocenters. The summed E-state index contributed by atoms with van der Waals surface area (Å²) in [7, 11) is 0. The second kappa shape index (κ2) is 5.47. The van der Waals surface area contributed by atoms with E-state index in [0.717, 1.165) is 38.5 Å². The average Bonchev–Trinajstić information content (AvgIpc) is 2.39. The van der Waals surface area contributed by atoms with E-state index in [1.54, 1.807) is 0 Å². The fourth-order valence-corrected chi connectivity index (χ4v) is 2.19. The number of nitrogens with two attached hydrogens (primary N) is 1. The summed E-state index contributed by atoms with van der Waals surface area (Å²) in [6.45, 7) is 9.24. The van der Waals surface area contributed by atoms with Gasteiger partial charge in [0.15, 0.2) is 0 Å². The van der Waals surface area contributed by atoms with Crippen molar-refractivity contribution in [2.24, 2.45) is 5.73 Å². The Morgan fingerprint density at radius 3 is 2.53 bits per heavy atom. The standard InChI is InChI=1S/C13H22N4/c1-11-3-4-13(15-10-11)17-7-5-16(6-8-17)12(2)9-14/h3-4,10,12H,5-9,14H2,1-2H3. The fraction of sp³-hybridized carbons (Fsp3) is 0.615. The van der Waals surface area contributed by atoms with Crippen LogP contribution in [0.15, 0.2) is 18.3 Å². The number of hydrogen-bond acceptors (Lipinski definition) is 4. The van der Waals surface area contributed by atoms with Crippen LogP contribution in [0.1, 0.15) is 12.5 Å². The van der Waals surface area contributed by atoms with Gasteiger partial charge in [-0.25, -0.2) is 4.98 Å². The fourth-order valence-electron chi connectivity index (χ4n) is 2.19. The first-order valence-electron chi connectivity index (χ1n) is 6.32. The van der Waals surface area contributed by atoms with Gasteiger partial charge < -0.3 is 10.6 Å². The molecular weight excluding hydrogens is 212 g/mol. The lowest BCUT2D eigenvalue weighted by Gasteiger charge is -2.38. The highest BCUT2D eigenvalue weighted by Crippen LogP contribution is 2.14. The Morgan fingerprint density at radius 1 is 1.29 bits per heavy atom. The first kappa shape index (κ1) is 12.3. The molecule has 2 rings (SSSR count). The zero-order valence-electron chi connectivity index (χ0n) is 10.8. The summed E-state index contributed by atoms with van der Waals surface area (Å²) < 4.78 is 0. The minimum Gasteiger partial charge on any atom is -0.354 e. The van der Waals surface area contributed by atoms with E-state index in [1.165, 1.54) is 5.56 Å². The van der Waals surface area contributed by atoms with Crippen molar-refractivity contribution in [3.63, 3.8) is 0 Å². The monoisotopic (exact) mass is 234 g/mol. The van der Waals surface area contributed by atoms with E-state index in [9.17, 15) is 0 Å². The maximum Gasteiger partial charge on any atom is 0.128 e. The molecule has 94 valence electrons. The number of hydrogen-bond donors (Lipinski definition) is 1. The summed E-state index contributed by atoms with van der Waals surface area (Å²) in [5.41, 5.74) is 6.91. The van der Waals surface area contributed by atoms with Crippen molar-refractivity contribution < 1.29 is 0 Å². The Labute approximate surface area is 103 Å². The van der Waals surface area contributed by atoms with E-state index in [2.05, 4.69) is 40.8 Å². The summed E-state index contributed by atoms with van der Waals surface area (Å²) in [6.07, 6.45) is 1.93.